The molecule has 0 aliphatic carbocycles. The molecule has 0 N–H and O–H groups in total. The van der Waals surface area contributed by atoms with E-state index < -0.39 is 5.82 Å². The smallest absolute Gasteiger partial charge is 0.146 e. The molecular weight excluding hydrogens is 321 g/mol. The molecule has 5 heteroatoms. The zero-order chi connectivity index (χ0) is 13.1. The number of benzene rings is 2. The van der Waals surface area contributed by atoms with Crippen molar-refractivity contribution in [2.75, 3.05) is 0 Å². The summed E-state index contributed by atoms with van der Waals surface area (Å²) in [5.74, 6) is 0.156. The third-order valence-electron chi connectivity index (χ3n) is 2.13. The van der Waals surface area contributed by atoms with Crippen molar-refractivity contribution in [1.29, 1.82) is 5.26 Å². The maximum Gasteiger partial charge on any atom is 0.146 e. The van der Waals surface area contributed by atoms with Gasteiger partial charge in [0.05, 0.1) is 5.56 Å². The number of hydrogen-bond acceptors (Lipinski definition) is 2. The molecule has 2 nitrogen and oxygen atoms in total. The van der Waals surface area contributed by atoms with Crippen molar-refractivity contribution in [2.45, 2.75) is 0 Å². The van der Waals surface area contributed by atoms with Crippen molar-refractivity contribution in [1.82, 2.24) is 0 Å². The van der Waals surface area contributed by atoms with Crippen molar-refractivity contribution in [3.8, 4) is 17.6 Å². The molecule has 2 rings (SSSR count). The first-order chi connectivity index (χ1) is 8.58. The average molecular weight is 327 g/mol. The molecule has 2 aromatic rings. The second-order valence-electron chi connectivity index (χ2n) is 3.46. The highest BCUT2D eigenvalue weighted by molar-refractivity contribution is 9.10. The van der Waals surface area contributed by atoms with Crippen LogP contribution in [-0.2, 0) is 0 Å². The van der Waals surface area contributed by atoms with E-state index >= 15 is 0 Å². The second-order valence-corrected chi connectivity index (χ2v) is 4.81. The van der Waals surface area contributed by atoms with Crippen molar-refractivity contribution in [2.24, 2.45) is 0 Å². The topological polar surface area (TPSA) is 33.0 Å². The van der Waals surface area contributed by atoms with Gasteiger partial charge in [0.15, 0.2) is 0 Å². The van der Waals surface area contributed by atoms with Crippen LogP contribution in [-0.4, -0.2) is 0 Å². The summed E-state index contributed by atoms with van der Waals surface area (Å²) in [5.41, 5.74) is 0.333. The summed E-state index contributed by atoms with van der Waals surface area (Å²) < 4.78 is 19.2. The minimum atomic E-state index is -0.431. The van der Waals surface area contributed by atoms with Gasteiger partial charge in [-0.1, -0.05) is 27.5 Å². The summed E-state index contributed by atoms with van der Waals surface area (Å²) >= 11 is 9.00. The fourth-order valence-corrected chi connectivity index (χ4v) is 1.99. The minimum Gasteiger partial charge on any atom is -0.456 e. The Kier molecular flexibility index (Phi) is 3.85. The summed E-state index contributed by atoms with van der Waals surface area (Å²) in [6, 6.07) is 10.8. The quantitative estimate of drug-likeness (QED) is 0.786. The van der Waals surface area contributed by atoms with Crippen molar-refractivity contribution in [3.63, 3.8) is 0 Å². The van der Waals surface area contributed by atoms with Crippen molar-refractivity contribution >= 4 is 27.5 Å². The second kappa shape index (κ2) is 5.38. The lowest BCUT2D eigenvalue weighted by atomic mass is 10.2. The normalized spacial score (nSPS) is 9.89. The van der Waals surface area contributed by atoms with E-state index in [0.717, 1.165) is 0 Å². The molecule has 0 radical (unpaired) electrons. The van der Waals surface area contributed by atoms with Gasteiger partial charge in [0.25, 0.3) is 0 Å². The molecule has 0 heterocycles. The van der Waals surface area contributed by atoms with Gasteiger partial charge in [0.2, 0.25) is 0 Å². The van der Waals surface area contributed by atoms with Crippen LogP contribution < -0.4 is 4.74 Å². The minimum absolute atomic E-state index is 0.292. The molecule has 0 amide bonds. The van der Waals surface area contributed by atoms with Gasteiger partial charge < -0.3 is 4.74 Å². The molecule has 18 heavy (non-hydrogen) atoms. The Morgan fingerprint density at radius 1 is 1.22 bits per heavy atom. The number of ether oxygens (including phenoxy) is 1. The van der Waals surface area contributed by atoms with Crippen LogP contribution >= 0.6 is 27.5 Å². The molecule has 0 atom stereocenters. The van der Waals surface area contributed by atoms with Gasteiger partial charge in [-0.05, 0) is 24.3 Å². The van der Waals surface area contributed by atoms with Gasteiger partial charge >= 0.3 is 0 Å². The van der Waals surface area contributed by atoms with E-state index in [2.05, 4.69) is 15.9 Å². The van der Waals surface area contributed by atoms with Gasteiger partial charge in [-0.2, -0.15) is 5.26 Å². The van der Waals surface area contributed by atoms with E-state index in [0.29, 0.717) is 26.6 Å². The van der Waals surface area contributed by atoms with E-state index in [1.165, 1.54) is 18.2 Å². The monoisotopic (exact) mass is 325 g/mol. The molecule has 0 saturated heterocycles. The Bertz CT molecular complexity index is 619. The summed E-state index contributed by atoms with van der Waals surface area (Å²) in [5, 5.41) is 9.38. The van der Waals surface area contributed by atoms with E-state index in [9.17, 15) is 4.39 Å². The first kappa shape index (κ1) is 12.9. The van der Waals surface area contributed by atoms with Crippen LogP contribution in [0.5, 0.6) is 11.5 Å². The van der Waals surface area contributed by atoms with E-state index in [-0.39, 0.29) is 0 Å². The fourth-order valence-electron chi connectivity index (χ4n) is 1.39. The van der Waals surface area contributed by atoms with E-state index in [4.69, 9.17) is 21.6 Å². The summed E-state index contributed by atoms with van der Waals surface area (Å²) in [6.45, 7) is 0. The Labute approximate surface area is 117 Å². The maximum absolute atomic E-state index is 13.2. The molecule has 0 spiro atoms. The van der Waals surface area contributed by atoms with Crippen LogP contribution in [0.2, 0.25) is 5.02 Å². The highest BCUT2D eigenvalue weighted by Gasteiger charge is 2.07. The Balaban J connectivity index is 2.39. The van der Waals surface area contributed by atoms with Gasteiger partial charge in [-0.15, -0.1) is 0 Å². The lowest BCUT2D eigenvalue weighted by Gasteiger charge is -2.08. The third kappa shape index (κ3) is 3.00. The largest absolute Gasteiger partial charge is 0.456 e. The zero-order valence-electron chi connectivity index (χ0n) is 8.95. The van der Waals surface area contributed by atoms with Crippen LogP contribution in [0.15, 0.2) is 40.9 Å². The fraction of sp³-hybridized carbons (Fsp3) is 0. The number of halogens is 3. The standard InChI is InChI=1S/C13H6BrClFNO/c14-9-3-11(16)6-12(4-9)18-13-5-10(15)2-1-8(13)7-17/h1-6H. The lowest BCUT2D eigenvalue weighted by molar-refractivity contribution is 0.475. The van der Waals surface area contributed by atoms with Crippen LogP contribution in [0.3, 0.4) is 0 Å². The molecule has 0 aliphatic rings. The average Bonchev–Trinajstić information content (AvgIpc) is 2.27. The van der Waals surface area contributed by atoms with Crippen LogP contribution in [0.1, 0.15) is 5.56 Å². The summed E-state index contributed by atoms with van der Waals surface area (Å²) in [7, 11) is 0. The van der Waals surface area contributed by atoms with E-state index in [1.54, 1.807) is 18.2 Å². The third-order valence-corrected chi connectivity index (χ3v) is 2.82. The Morgan fingerprint density at radius 2 is 2.00 bits per heavy atom. The molecule has 90 valence electrons. The molecule has 0 unspecified atom stereocenters. The predicted octanol–water partition coefficient (Wildman–Crippen LogP) is 4.91. The zero-order valence-corrected chi connectivity index (χ0v) is 11.3. The highest BCUT2D eigenvalue weighted by Crippen LogP contribution is 2.30. The summed E-state index contributed by atoms with van der Waals surface area (Å²) in [6.07, 6.45) is 0. The lowest BCUT2D eigenvalue weighted by Crippen LogP contribution is -1.89. The van der Waals surface area contributed by atoms with Crippen molar-refractivity contribution < 1.29 is 9.13 Å². The number of hydrogen-bond donors (Lipinski definition) is 0. The number of nitrogens with zero attached hydrogens (tertiary/aromatic N) is 1. The van der Waals surface area contributed by atoms with Gasteiger partial charge in [0.1, 0.15) is 23.4 Å². The number of nitriles is 1. The maximum atomic E-state index is 13.2. The molecule has 0 fully saturated rings. The molecule has 0 bridgehead atoms. The summed E-state index contributed by atoms with van der Waals surface area (Å²) in [4.78, 5) is 0. The van der Waals surface area contributed by atoms with Gasteiger partial charge in [0, 0.05) is 21.6 Å². The molecule has 0 saturated carbocycles. The number of rotatable bonds is 2. The van der Waals surface area contributed by atoms with Crippen LogP contribution in [0.4, 0.5) is 4.39 Å². The van der Waals surface area contributed by atoms with Crippen LogP contribution in [0, 0.1) is 17.1 Å². The Morgan fingerprint density at radius 3 is 2.67 bits per heavy atom. The predicted molar refractivity (Wildman–Crippen MR) is 70.3 cm³/mol. The van der Waals surface area contributed by atoms with E-state index in [1.807, 2.05) is 6.07 Å². The molecular formula is C13H6BrClFNO. The first-order valence-electron chi connectivity index (χ1n) is 4.92. The molecule has 2 aromatic carbocycles. The van der Waals surface area contributed by atoms with Crippen molar-refractivity contribution in [3.05, 3.63) is 57.3 Å². The highest BCUT2D eigenvalue weighted by atomic mass is 79.9. The molecule has 0 aromatic heterocycles. The SMILES string of the molecule is N#Cc1ccc(Cl)cc1Oc1cc(F)cc(Br)c1. The Hall–Kier alpha value is -1.57. The van der Waals surface area contributed by atoms with Gasteiger partial charge in [-0.25, -0.2) is 4.39 Å². The van der Waals surface area contributed by atoms with Gasteiger partial charge in [-0.3, -0.25) is 0 Å². The molecule has 0 aliphatic heterocycles. The first-order valence-corrected chi connectivity index (χ1v) is 6.09. The van der Waals surface area contributed by atoms with Crippen LogP contribution in [0.25, 0.3) is 0 Å².